The largest absolute Gasteiger partial charge is 0.491 e. The zero-order valence-corrected chi connectivity index (χ0v) is 18.3. The van der Waals surface area contributed by atoms with Crippen LogP contribution in [0.25, 0.3) is 0 Å². The van der Waals surface area contributed by atoms with Crippen LogP contribution in [0, 0.1) is 5.41 Å². The summed E-state index contributed by atoms with van der Waals surface area (Å²) < 4.78 is 8.11. The maximum absolute atomic E-state index is 13.5. The van der Waals surface area contributed by atoms with Gasteiger partial charge in [0, 0.05) is 26.8 Å². The van der Waals surface area contributed by atoms with E-state index in [0.717, 1.165) is 63.9 Å². The van der Waals surface area contributed by atoms with E-state index in [4.69, 9.17) is 4.74 Å². The molecule has 0 saturated carbocycles. The number of likely N-dealkylation sites (tertiary alicyclic amines) is 1. The molecule has 30 heavy (non-hydrogen) atoms. The number of rotatable bonds is 2. The molecule has 2 aromatic rings. The first kappa shape index (κ1) is 20.9. The summed E-state index contributed by atoms with van der Waals surface area (Å²) >= 11 is 0. The molecule has 0 aliphatic carbocycles. The van der Waals surface area contributed by atoms with Gasteiger partial charge in [-0.1, -0.05) is 24.6 Å². The number of carbonyl (C=O) groups excluding carboxylic acids is 1. The number of nitrogens with zero attached hydrogens (tertiary/aromatic N) is 4. The van der Waals surface area contributed by atoms with Crippen LogP contribution in [-0.2, 0) is 24.8 Å². The minimum Gasteiger partial charge on any atom is -0.491 e. The molecule has 0 atom stereocenters. The molecule has 1 amide bonds. The maximum Gasteiger partial charge on any atom is 0.228 e. The average molecular weight is 411 g/mol. The van der Waals surface area contributed by atoms with Gasteiger partial charge in [-0.25, -0.2) is 4.98 Å². The van der Waals surface area contributed by atoms with Crippen molar-refractivity contribution in [2.75, 3.05) is 33.3 Å². The van der Waals surface area contributed by atoms with Crippen molar-refractivity contribution < 1.29 is 9.53 Å². The van der Waals surface area contributed by atoms with Crippen LogP contribution in [0.4, 0.5) is 0 Å². The van der Waals surface area contributed by atoms with Crippen LogP contribution in [0.2, 0.25) is 0 Å². The van der Waals surface area contributed by atoms with Gasteiger partial charge in [-0.3, -0.25) is 9.69 Å². The van der Waals surface area contributed by atoms with Crippen LogP contribution in [0.15, 0.2) is 36.8 Å². The molecule has 1 aromatic heterocycles. The summed E-state index contributed by atoms with van der Waals surface area (Å²) in [6, 6.07) is 8.32. The second-order valence-electron chi connectivity index (χ2n) is 8.94. The predicted octanol–water partition coefficient (Wildman–Crippen LogP) is 3.27. The first-order chi connectivity index (χ1) is 14.6. The number of benzene rings is 1. The summed E-state index contributed by atoms with van der Waals surface area (Å²) in [6.45, 7) is 4.00. The number of amides is 1. The van der Waals surface area contributed by atoms with Crippen molar-refractivity contribution in [3.8, 4) is 5.75 Å². The minimum atomic E-state index is -0.226. The molecule has 1 saturated heterocycles. The van der Waals surface area contributed by atoms with Gasteiger partial charge in [0.05, 0.1) is 24.0 Å². The fourth-order valence-electron chi connectivity index (χ4n) is 4.90. The topological polar surface area (TPSA) is 50.6 Å². The van der Waals surface area contributed by atoms with Crippen molar-refractivity contribution in [3.63, 3.8) is 0 Å². The number of fused-ring (bicyclic) bond motifs is 1. The number of aromatic nitrogens is 2. The molecule has 0 bridgehead atoms. The summed E-state index contributed by atoms with van der Waals surface area (Å²) in [5.74, 6) is 1.28. The third-order valence-electron chi connectivity index (χ3n) is 6.92. The molecule has 1 fully saturated rings. The molecule has 162 valence electrons. The predicted molar refractivity (Wildman–Crippen MR) is 117 cm³/mol. The number of carbonyl (C=O) groups is 1. The number of imidazole rings is 1. The first-order valence-electron chi connectivity index (χ1n) is 11.2. The fourth-order valence-corrected chi connectivity index (χ4v) is 4.90. The lowest BCUT2D eigenvalue weighted by Crippen LogP contribution is -2.50. The Hall–Kier alpha value is -2.34. The molecule has 2 aliphatic heterocycles. The quantitative estimate of drug-likeness (QED) is 0.763. The lowest BCUT2D eigenvalue weighted by Gasteiger charge is -2.43. The van der Waals surface area contributed by atoms with Gasteiger partial charge in [-0.2, -0.15) is 0 Å². The molecule has 6 heteroatoms. The van der Waals surface area contributed by atoms with Crippen LogP contribution < -0.4 is 4.74 Å². The molecule has 0 unspecified atom stereocenters. The number of piperidine rings is 1. The first-order valence-corrected chi connectivity index (χ1v) is 11.2. The SMILES string of the molecule is CN1CCOc2ccccc2CCCCC2(CCN(Cc3cncn3C)CC2)C1=O. The lowest BCUT2D eigenvalue weighted by atomic mass is 9.73. The van der Waals surface area contributed by atoms with Gasteiger partial charge in [0.15, 0.2) is 0 Å². The summed E-state index contributed by atoms with van der Waals surface area (Å²) in [7, 11) is 3.98. The van der Waals surface area contributed by atoms with E-state index >= 15 is 0 Å². The molecule has 1 spiro atoms. The van der Waals surface area contributed by atoms with Crippen LogP contribution in [0.1, 0.15) is 43.4 Å². The minimum absolute atomic E-state index is 0.226. The summed E-state index contributed by atoms with van der Waals surface area (Å²) in [5, 5.41) is 0. The number of hydrogen-bond donors (Lipinski definition) is 0. The van der Waals surface area contributed by atoms with E-state index in [-0.39, 0.29) is 5.41 Å². The normalized spacial score (nSPS) is 20.9. The van der Waals surface area contributed by atoms with Gasteiger partial charge in [0.1, 0.15) is 12.4 Å². The Morgan fingerprint density at radius 2 is 1.87 bits per heavy atom. The highest BCUT2D eigenvalue weighted by Gasteiger charge is 2.42. The summed E-state index contributed by atoms with van der Waals surface area (Å²) in [5.41, 5.74) is 2.28. The van der Waals surface area contributed by atoms with E-state index in [1.165, 1.54) is 11.3 Å². The van der Waals surface area contributed by atoms with Crippen molar-refractivity contribution in [3.05, 3.63) is 48.0 Å². The van der Waals surface area contributed by atoms with Gasteiger partial charge in [-0.05, 0) is 56.8 Å². The highest BCUT2D eigenvalue weighted by atomic mass is 16.5. The van der Waals surface area contributed by atoms with Crippen LogP contribution in [0.3, 0.4) is 0 Å². The van der Waals surface area contributed by atoms with E-state index in [0.29, 0.717) is 19.1 Å². The standard InChI is InChI=1S/C24H34N4O2/c1-26-15-16-30-22-9-4-3-7-20(22)8-5-6-10-24(23(26)29)11-13-28(14-12-24)18-21-17-25-19-27(21)2/h3-4,7,9,17,19H,5-6,8,10-16,18H2,1-2H3. The van der Waals surface area contributed by atoms with Crippen LogP contribution >= 0.6 is 0 Å². The second-order valence-corrected chi connectivity index (χ2v) is 8.94. The van der Waals surface area contributed by atoms with Crippen molar-refractivity contribution in [2.24, 2.45) is 12.5 Å². The van der Waals surface area contributed by atoms with Gasteiger partial charge in [0.2, 0.25) is 5.91 Å². The molecule has 0 N–H and O–H groups in total. The van der Waals surface area contributed by atoms with Crippen molar-refractivity contribution in [1.82, 2.24) is 19.4 Å². The number of para-hydroxylation sites is 1. The van der Waals surface area contributed by atoms with Crippen LogP contribution in [0.5, 0.6) is 5.75 Å². The van der Waals surface area contributed by atoms with Crippen molar-refractivity contribution >= 4 is 5.91 Å². The Morgan fingerprint density at radius 3 is 2.63 bits per heavy atom. The van der Waals surface area contributed by atoms with Gasteiger partial charge >= 0.3 is 0 Å². The van der Waals surface area contributed by atoms with Gasteiger partial charge < -0.3 is 14.2 Å². The monoisotopic (exact) mass is 410 g/mol. The number of hydrogen-bond acceptors (Lipinski definition) is 4. The Kier molecular flexibility index (Phi) is 6.42. The fraction of sp³-hybridized carbons (Fsp3) is 0.583. The number of likely N-dealkylation sites (N-methyl/N-ethyl adjacent to an activating group) is 1. The van der Waals surface area contributed by atoms with E-state index in [2.05, 4.69) is 26.6 Å². The van der Waals surface area contributed by atoms with E-state index in [9.17, 15) is 4.79 Å². The Morgan fingerprint density at radius 1 is 1.07 bits per heavy atom. The Bertz CT molecular complexity index is 854. The zero-order chi connectivity index (χ0) is 21.0. The molecular weight excluding hydrogens is 376 g/mol. The van der Waals surface area contributed by atoms with E-state index < -0.39 is 0 Å². The Balaban J connectivity index is 1.43. The van der Waals surface area contributed by atoms with Crippen molar-refractivity contribution in [1.29, 1.82) is 0 Å². The maximum atomic E-state index is 13.5. The highest BCUT2D eigenvalue weighted by molar-refractivity contribution is 5.82. The zero-order valence-electron chi connectivity index (χ0n) is 18.3. The number of aryl methyl sites for hydroxylation is 2. The summed E-state index contributed by atoms with van der Waals surface area (Å²) in [6.07, 6.45) is 9.84. The third kappa shape index (κ3) is 4.53. The summed E-state index contributed by atoms with van der Waals surface area (Å²) in [4.78, 5) is 22.1. The lowest BCUT2D eigenvalue weighted by molar-refractivity contribution is -0.145. The molecule has 6 nitrogen and oxygen atoms in total. The number of ether oxygens (including phenoxy) is 1. The van der Waals surface area contributed by atoms with E-state index in [1.54, 1.807) is 0 Å². The molecular formula is C24H34N4O2. The molecule has 1 aromatic carbocycles. The second kappa shape index (κ2) is 9.21. The Labute approximate surface area is 179 Å². The molecule has 3 heterocycles. The smallest absolute Gasteiger partial charge is 0.228 e. The molecule has 0 radical (unpaired) electrons. The van der Waals surface area contributed by atoms with E-state index in [1.807, 2.05) is 43.7 Å². The van der Waals surface area contributed by atoms with Crippen LogP contribution in [-0.4, -0.2) is 58.5 Å². The van der Waals surface area contributed by atoms with Crippen molar-refractivity contribution in [2.45, 2.75) is 45.1 Å². The molecule has 2 aliphatic rings. The third-order valence-corrected chi connectivity index (χ3v) is 6.92. The van der Waals surface area contributed by atoms with Gasteiger partial charge in [-0.15, -0.1) is 0 Å². The average Bonchev–Trinajstić information content (AvgIpc) is 3.16. The van der Waals surface area contributed by atoms with Gasteiger partial charge in [0.25, 0.3) is 0 Å². The highest BCUT2D eigenvalue weighted by Crippen LogP contribution is 2.39. The molecule has 4 rings (SSSR count).